The molecule has 1 aromatic carbocycles. The van der Waals surface area contributed by atoms with Crippen LogP contribution < -0.4 is 0 Å². The lowest BCUT2D eigenvalue weighted by atomic mass is 9.99. The molecule has 0 saturated carbocycles. The monoisotopic (exact) mass is 432 g/mol. The van der Waals surface area contributed by atoms with Crippen molar-refractivity contribution in [2.45, 2.75) is 33.7 Å². The second kappa shape index (κ2) is 9.47. The van der Waals surface area contributed by atoms with Gasteiger partial charge in [0.15, 0.2) is 0 Å². The minimum Gasteiger partial charge on any atom is -0.462 e. The van der Waals surface area contributed by atoms with Gasteiger partial charge in [-0.05, 0) is 49.6 Å². The fraction of sp³-hybridized carbons (Fsp3) is 0.250. The van der Waals surface area contributed by atoms with Crippen molar-refractivity contribution >= 4 is 17.6 Å². The van der Waals surface area contributed by atoms with E-state index in [1.165, 1.54) is 0 Å². The van der Waals surface area contributed by atoms with Crippen LogP contribution in [0.5, 0.6) is 0 Å². The molecule has 2 aromatic heterocycles. The van der Waals surface area contributed by atoms with E-state index >= 15 is 0 Å². The zero-order valence-corrected chi connectivity index (χ0v) is 18.3. The molecule has 0 aliphatic heterocycles. The van der Waals surface area contributed by atoms with Crippen LogP contribution in [0.2, 0.25) is 5.15 Å². The Bertz CT molecular complexity index is 1210. The molecule has 0 aliphatic carbocycles. The van der Waals surface area contributed by atoms with Gasteiger partial charge in [0.1, 0.15) is 11.2 Å². The predicted molar refractivity (Wildman–Crippen MR) is 118 cm³/mol. The Balaban J connectivity index is 2.10. The maximum atomic E-state index is 12.2. The number of esters is 1. The Labute approximate surface area is 186 Å². The molecule has 0 aliphatic rings. The second-order valence-electron chi connectivity index (χ2n) is 6.93. The molecule has 156 valence electrons. The van der Waals surface area contributed by atoms with Crippen LogP contribution in [0.15, 0.2) is 36.5 Å². The number of benzene rings is 1. The van der Waals surface area contributed by atoms with E-state index in [0.717, 1.165) is 28.1 Å². The van der Waals surface area contributed by atoms with E-state index in [4.69, 9.17) is 21.6 Å². The summed E-state index contributed by atoms with van der Waals surface area (Å²) in [5, 5.41) is 19.0. The molecule has 0 radical (unpaired) electrons. The lowest BCUT2D eigenvalue weighted by Gasteiger charge is -2.13. The maximum absolute atomic E-state index is 12.2. The minimum absolute atomic E-state index is 0.0955. The molecule has 3 aromatic rings. The zero-order chi connectivity index (χ0) is 22.5. The molecule has 2 heterocycles. The van der Waals surface area contributed by atoms with Crippen molar-refractivity contribution < 1.29 is 9.53 Å². The van der Waals surface area contributed by atoms with Gasteiger partial charge >= 0.3 is 5.97 Å². The fourth-order valence-corrected chi connectivity index (χ4v) is 3.83. The summed E-state index contributed by atoms with van der Waals surface area (Å²) in [4.78, 5) is 16.3. The summed E-state index contributed by atoms with van der Waals surface area (Å²) in [6.45, 7) is 6.34. The number of ether oxygens (including phenoxy) is 1. The summed E-state index contributed by atoms with van der Waals surface area (Å²) < 4.78 is 7.13. The molecule has 0 spiro atoms. The third kappa shape index (κ3) is 4.30. The Kier molecular flexibility index (Phi) is 6.74. The topological polar surface area (TPSA) is 91.7 Å². The van der Waals surface area contributed by atoms with Crippen LogP contribution in [-0.2, 0) is 17.7 Å². The molecule has 7 heteroatoms. The number of hydrogen-bond acceptors (Lipinski definition) is 5. The molecule has 0 bridgehead atoms. The lowest BCUT2D eigenvalue weighted by molar-refractivity contribution is 0.0526. The average Bonchev–Trinajstić information content (AvgIpc) is 3.05. The summed E-state index contributed by atoms with van der Waals surface area (Å²) in [6, 6.07) is 13.3. The Morgan fingerprint density at radius 1 is 1.19 bits per heavy atom. The molecule has 0 atom stereocenters. The summed E-state index contributed by atoms with van der Waals surface area (Å²) >= 11 is 6.09. The number of nitrogens with zero attached hydrogens (tertiary/aromatic N) is 4. The largest absolute Gasteiger partial charge is 0.462 e. The van der Waals surface area contributed by atoms with Crippen LogP contribution in [0.3, 0.4) is 0 Å². The predicted octanol–water partition coefficient (Wildman–Crippen LogP) is 5.04. The first kappa shape index (κ1) is 22.1. The molecule has 0 unspecified atom stereocenters. The number of aromatic nitrogens is 2. The second-order valence-corrected chi connectivity index (χ2v) is 7.28. The van der Waals surface area contributed by atoms with Crippen molar-refractivity contribution in [1.82, 2.24) is 9.55 Å². The minimum atomic E-state index is -0.516. The number of hydrogen-bond donors (Lipinski definition) is 0. The fourth-order valence-electron chi connectivity index (χ4n) is 3.65. The molecular weight excluding hydrogens is 412 g/mol. The van der Waals surface area contributed by atoms with E-state index < -0.39 is 5.97 Å². The van der Waals surface area contributed by atoms with E-state index in [1.54, 1.807) is 31.3 Å². The normalized spacial score (nSPS) is 10.4. The molecular formula is C24H21ClN4O2. The first-order valence-electron chi connectivity index (χ1n) is 9.89. The third-order valence-electron chi connectivity index (χ3n) is 5.11. The standard InChI is InChI=1S/C24H21ClN4O2/c1-4-21-22(18-8-6-16(11-26)7-9-18)20(12-27)15(3)29(21)14-17-10-19(23(25)28-13-17)24(30)31-5-2/h6-10,13H,4-5,14H2,1-3H3. The van der Waals surface area contributed by atoms with Gasteiger partial charge in [0.2, 0.25) is 0 Å². The first-order valence-corrected chi connectivity index (χ1v) is 10.3. The van der Waals surface area contributed by atoms with E-state index in [9.17, 15) is 10.1 Å². The van der Waals surface area contributed by atoms with Gasteiger partial charge in [0.05, 0.1) is 29.4 Å². The number of carbonyl (C=O) groups excluding carboxylic acids is 1. The molecule has 3 rings (SSSR count). The van der Waals surface area contributed by atoms with Crippen LogP contribution in [0.1, 0.15) is 52.3 Å². The van der Waals surface area contributed by atoms with Gasteiger partial charge in [-0.15, -0.1) is 0 Å². The van der Waals surface area contributed by atoms with Gasteiger partial charge in [0.25, 0.3) is 0 Å². The van der Waals surface area contributed by atoms with Gasteiger partial charge < -0.3 is 9.30 Å². The highest BCUT2D eigenvalue weighted by atomic mass is 35.5. The van der Waals surface area contributed by atoms with Gasteiger partial charge in [-0.25, -0.2) is 9.78 Å². The molecule has 0 amide bonds. The Morgan fingerprint density at radius 2 is 1.90 bits per heavy atom. The van der Waals surface area contributed by atoms with Gasteiger partial charge in [0, 0.05) is 29.7 Å². The highest BCUT2D eigenvalue weighted by Gasteiger charge is 2.21. The summed E-state index contributed by atoms with van der Waals surface area (Å²) in [6.07, 6.45) is 2.32. The third-order valence-corrected chi connectivity index (χ3v) is 5.41. The number of carbonyl (C=O) groups is 1. The maximum Gasteiger partial charge on any atom is 0.341 e. The van der Waals surface area contributed by atoms with Crippen molar-refractivity contribution in [1.29, 1.82) is 10.5 Å². The van der Waals surface area contributed by atoms with E-state index in [2.05, 4.69) is 21.7 Å². The van der Waals surface area contributed by atoms with E-state index in [0.29, 0.717) is 24.1 Å². The Morgan fingerprint density at radius 3 is 2.48 bits per heavy atom. The molecule has 0 N–H and O–H groups in total. The smallest absolute Gasteiger partial charge is 0.341 e. The number of pyridine rings is 1. The van der Waals surface area contributed by atoms with E-state index in [-0.39, 0.29) is 17.3 Å². The van der Waals surface area contributed by atoms with Crippen LogP contribution in [-0.4, -0.2) is 22.1 Å². The highest BCUT2D eigenvalue weighted by Crippen LogP contribution is 2.33. The summed E-state index contributed by atoms with van der Waals surface area (Å²) in [7, 11) is 0. The van der Waals surface area contributed by atoms with Crippen molar-refractivity contribution in [2.75, 3.05) is 6.61 Å². The quantitative estimate of drug-likeness (QED) is 0.401. The zero-order valence-electron chi connectivity index (χ0n) is 17.6. The van der Waals surface area contributed by atoms with Gasteiger partial charge in [-0.2, -0.15) is 10.5 Å². The van der Waals surface area contributed by atoms with Crippen LogP contribution in [0.4, 0.5) is 0 Å². The summed E-state index contributed by atoms with van der Waals surface area (Å²) in [5.74, 6) is -0.516. The first-order chi connectivity index (χ1) is 14.9. The number of rotatable bonds is 6. The number of halogens is 1. The van der Waals surface area contributed by atoms with Crippen molar-refractivity contribution in [3.8, 4) is 23.3 Å². The highest BCUT2D eigenvalue weighted by molar-refractivity contribution is 6.32. The van der Waals surface area contributed by atoms with Crippen LogP contribution in [0.25, 0.3) is 11.1 Å². The average molecular weight is 433 g/mol. The van der Waals surface area contributed by atoms with Gasteiger partial charge in [-0.3, -0.25) is 0 Å². The van der Waals surface area contributed by atoms with E-state index in [1.807, 2.05) is 26.0 Å². The lowest BCUT2D eigenvalue weighted by Crippen LogP contribution is -2.10. The van der Waals surface area contributed by atoms with Crippen molar-refractivity contribution in [3.05, 3.63) is 75.3 Å². The molecule has 6 nitrogen and oxygen atoms in total. The van der Waals surface area contributed by atoms with Gasteiger partial charge in [-0.1, -0.05) is 30.7 Å². The SMILES string of the molecule is CCOC(=O)c1cc(Cn2c(C)c(C#N)c(-c3ccc(C#N)cc3)c2CC)cnc1Cl. The van der Waals surface area contributed by atoms with Crippen molar-refractivity contribution in [2.24, 2.45) is 0 Å². The van der Waals surface area contributed by atoms with Crippen LogP contribution >= 0.6 is 11.6 Å². The van der Waals surface area contributed by atoms with Crippen LogP contribution in [0, 0.1) is 29.6 Å². The van der Waals surface area contributed by atoms with Crippen molar-refractivity contribution in [3.63, 3.8) is 0 Å². The summed E-state index contributed by atoms with van der Waals surface area (Å²) in [5.41, 5.74) is 5.71. The molecule has 31 heavy (non-hydrogen) atoms. The number of nitriles is 2. The molecule has 0 saturated heterocycles. The molecule has 0 fully saturated rings. The Hall–Kier alpha value is -3.61.